The second kappa shape index (κ2) is 9.41. The first kappa shape index (κ1) is 26.2. The Hall–Kier alpha value is -4.40. The highest BCUT2D eigenvalue weighted by atomic mass is 16.5. The molecule has 2 aromatic rings. The summed E-state index contributed by atoms with van der Waals surface area (Å²) in [5, 5.41) is 24.8. The number of ketones is 3. The standard InChI is InChI=1S/C30H30N2O7/c1-15-25(35)23(17(3)33)27-24(26(15)36)30(4)21(39-27)14-20(34)22(28(30)37)16(2)31-19-10-12-32(13-11-19)29(38)18-8-6-5-7-9-18/h5-9,14,19,31,35-36H,10-13H2,1-4H3. The molecule has 39 heavy (non-hydrogen) atoms. The number of nitrogens with one attached hydrogen (secondary N) is 1. The molecule has 2 aliphatic heterocycles. The van der Waals surface area contributed by atoms with E-state index in [-0.39, 0.29) is 51.5 Å². The lowest BCUT2D eigenvalue weighted by Crippen LogP contribution is -2.46. The zero-order valence-electron chi connectivity index (χ0n) is 22.3. The maximum atomic E-state index is 14.0. The number of aromatic hydroxyl groups is 2. The van der Waals surface area contributed by atoms with Gasteiger partial charge in [-0.15, -0.1) is 0 Å². The molecule has 3 N–H and O–H groups in total. The van der Waals surface area contributed by atoms with Gasteiger partial charge >= 0.3 is 0 Å². The van der Waals surface area contributed by atoms with Crippen molar-refractivity contribution in [3.63, 3.8) is 0 Å². The minimum absolute atomic E-state index is 0.000387. The van der Waals surface area contributed by atoms with Gasteiger partial charge in [0.15, 0.2) is 17.3 Å². The van der Waals surface area contributed by atoms with Crippen LogP contribution in [-0.2, 0) is 15.0 Å². The SMILES string of the molecule is CC(=O)c1c(O)c(C)c(O)c2c1OC1=CC(=O)C(=C(C)NC3CCN(C(=O)c4ccccc4)CC3)C(=O)C12C. The Kier molecular flexibility index (Phi) is 6.33. The van der Waals surface area contributed by atoms with E-state index >= 15 is 0 Å². The predicted molar refractivity (Wildman–Crippen MR) is 142 cm³/mol. The highest BCUT2D eigenvalue weighted by Gasteiger charge is 2.56. The number of allylic oxidation sites excluding steroid dienone is 4. The molecule has 0 saturated carbocycles. The summed E-state index contributed by atoms with van der Waals surface area (Å²) in [4.78, 5) is 54.0. The van der Waals surface area contributed by atoms with Crippen molar-refractivity contribution >= 4 is 23.3 Å². The van der Waals surface area contributed by atoms with Crippen LogP contribution in [0.5, 0.6) is 17.2 Å². The number of amides is 1. The van der Waals surface area contributed by atoms with E-state index in [2.05, 4.69) is 5.32 Å². The lowest BCUT2D eigenvalue weighted by atomic mass is 9.70. The number of ether oxygens (including phenoxy) is 1. The van der Waals surface area contributed by atoms with Crippen LogP contribution in [0.4, 0.5) is 0 Å². The van der Waals surface area contributed by atoms with E-state index in [9.17, 15) is 29.4 Å². The molecule has 1 fully saturated rings. The van der Waals surface area contributed by atoms with E-state index in [0.717, 1.165) is 0 Å². The third kappa shape index (κ3) is 4.00. The summed E-state index contributed by atoms with van der Waals surface area (Å²) in [7, 11) is 0. The molecule has 0 radical (unpaired) electrons. The monoisotopic (exact) mass is 530 g/mol. The fourth-order valence-corrected chi connectivity index (χ4v) is 5.73. The average molecular weight is 531 g/mol. The fraction of sp³-hybridized carbons (Fsp3) is 0.333. The maximum Gasteiger partial charge on any atom is 0.253 e. The molecule has 0 aromatic heterocycles. The van der Waals surface area contributed by atoms with Crippen LogP contribution in [0, 0.1) is 6.92 Å². The number of phenolic OH excluding ortho intramolecular Hbond substituents is 2. The van der Waals surface area contributed by atoms with E-state index in [0.29, 0.717) is 37.2 Å². The van der Waals surface area contributed by atoms with Crippen molar-refractivity contribution in [2.45, 2.75) is 52.0 Å². The lowest BCUT2D eigenvalue weighted by molar-refractivity contribution is -0.123. The number of piperidine rings is 1. The number of hydrogen-bond acceptors (Lipinski definition) is 8. The minimum atomic E-state index is -1.56. The van der Waals surface area contributed by atoms with E-state index in [4.69, 9.17) is 4.74 Å². The summed E-state index contributed by atoms with van der Waals surface area (Å²) in [5.41, 5.74) is -0.625. The van der Waals surface area contributed by atoms with Crippen LogP contribution in [0.1, 0.15) is 65.5 Å². The number of nitrogens with zero attached hydrogens (tertiary/aromatic N) is 1. The second-order valence-corrected chi connectivity index (χ2v) is 10.5. The Morgan fingerprint density at radius 3 is 2.31 bits per heavy atom. The van der Waals surface area contributed by atoms with Gasteiger partial charge in [0.1, 0.15) is 34.0 Å². The predicted octanol–water partition coefficient (Wildman–Crippen LogP) is 3.46. The Morgan fingerprint density at radius 1 is 1.05 bits per heavy atom. The molecule has 2 aromatic carbocycles. The Bertz CT molecular complexity index is 1500. The van der Waals surface area contributed by atoms with Gasteiger partial charge in [0.05, 0.1) is 11.1 Å². The molecule has 9 heteroatoms. The number of phenols is 2. The Morgan fingerprint density at radius 2 is 1.69 bits per heavy atom. The molecule has 1 aliphatic carbocycles. The summed E-state index contributed by atoms with van der Waals surface area (Å²) in [6.45, 7) is 6.96. The van der Waals surface area contributed by atoms with E-state index in [1.165, 1.54) is 19.9 Å². The largest absolute Gasteiger partial charge is 0.507 e. The van der Waals surface area contributed by atoms with Crippen molar-refractivity contribution in [1.82, 2.24) is 10.2 Å². The van der Waals surface area contributed by atoms with Gasteiger partial charge in [0.2, 0.25) is 0 Å². The highest BCUT2D eigenvalue weighted by Crippen LogP contribution is 2.57. The number of carbonyl (C=O) groups excluding carboxylic acids is 4. The van der Waals surface area contributed by atoms with E-state index < -0.39 is 28.5 Å². The van der Waals surface area contributed by atoms with Gasteiger partial charge in [-0.2, -0.15) is 0 Å². The van der Waals surface area contributed by atoms with Gasteiger partial charge in [-0.25, -0.2) is 0 Å². The average Bonchev–Trinajstić information content (AvgIpc) is 3.20. The molecule has 9 nitrogen and oxygen atoms in total. The van der Waals surface area contributed by atoms with Crippen molar-refractivity contribution in [3.8, 4) is 17.2 Å². The summed E-state index contributed by atoms with van der Waals surface area (Å²) in [6.07, 6.45) is 2.48. The van der Waals surface area contributed by atoms with Crippen molar-refractivity contribution < 1.29 is 34.1 Å². The molecule has 2 heterocycles. The maximum absolute atomic E-state index is 14.0. The number of likely N-dealkylation sites (tertiary alicyclic amines) is 1. The summed E-state index contributed by atoms with van der Waals surface area (Å²) in [5.74, 6) is -2.54. The van der Waals surface area contributed by atoms with Crippen LogP contribution in [0.2, 0.25) is 0 Å². The Balaban J connectivity index is 1.42. The van der Waals surface area contributed by atoms with Crippen molar-refractivity contribution in [1.29, 1.82) is 0 Å². The summed E-state index contributed by atoms with van der Waals surface area (Å²) < 4.78 is 5.81. The van der Waals surface area contributed by atoms with Crippen LogP contribution >= 0.6 is 0 Å². The lowest BCUT2D eigenvalue weighted by Gasteiger charge is -2.34. The molecule has 1 amide bonds. The smallest absolute Gasteiger partial charge is 0.253 e. The van der Waals surface area contributed by atoms with Crippen LogP contribution in [0.3, 0.4) is 0 Å². The molecule has 1 atom stereocenters. The van der Waals surface area contributed by atoms with Crippen molar-refractivity contribution in [2.24, 2.45) is 0 Å². The first-order valence-electron chi connectivity index (χ1n) is 12.9. The third-order valence-electron chi connectivity index (χ3n) is 7.98. The summed E-state index contributed by atoms with van der Waals surface area (Å²) in [6, 6.07) is 9.03. The molecule has 0 spiro atoms. The molecular weight excluding hydrogens is 500 g/mol. The summed E-state index contributed by atoms with van der Waals surface area (Å²) >= 11 is 0. The number of Topliss-reactive ketones (excluding diaryl/α,β-unsaturated/α-hetero) is 2. The van der Waals surface area contributed by atoms with Crippen LogP contribution in [0.15, 0.2) is 53.4 Å². The van der Waals surface area contributed by atoms with Crippen LogP contribution < -0.4 is 10.1 Å². The second-order valence-electron chi connectivity index (χ2n) is 10.5. The quantitative estimate of drug-likeness (QED) is 0.311. The minimum Gasteiger partial charge on any atom is -0.507 e. The fourth-order valence-electron chi connectivity index (χ4n) is 5.73. The molecule has 1 unspecified atom stereocenters. The number of fused-ring (bicyclic) bond motifs is 3. The molecule has 3 aliphatic rings. The molecule has 0 bridgehead atoms. The first-order valence-corrected chi connectivity index (χ1v) is 12.9. The number of carbonyl (C=O) groups is 4. The normalized spacial score (nSPS) is 22.1. The van der Waals surface area contributed by atoms with Gasteiger partial charge in [-0.1, -0.05) is 18.2 Å². The van der Waals surface area contributed by atoms with Gasteiger partial charge in [-0.05, 0) is 52.7 Å². The highest BCUT2D eigenvalue weighted by molar-refractivity contribution is 6.31. The van der Waals surface area contributed by atoms with Gasteiger partial charge in [0, 0.05) is 42.0 Å². The number of rotatable bonds is 4. The zero-order valence-corrected chi connectivity index (χ0v) is 22.3. The van der Waals surface area contributed by atoms with E-state index in [1.807, 2.05) is 18.2 Å². The molecule has 202 valence electrons. The Labute approximate surface area is 225 Å². The van der Waals surface area contributed by atoms with Crippen LogP contribution in [-0.4, -0.2) is 57.5 Å². The number of benzene rings is 2. The van der Waals surface area contributed by atoms with Crippen LogP contribution in [0.25, 0.3) is 0 Å². The van der Waals surface area contributed by atoms with Gasteiger partial charge in [-0.3, -0.25) is 19.2 Å². The first-order chi connectivity index (χ1) is 18.5. The van der Waals surface area contributed by atoms with E-state index in [1.54, 1.807) is 30.9 Å². The van der Waals surface area contributed by atoms with Gasteiger partial charge in [0.25, 0.3) is 5.91 Å². The molecule has 1 saturated heterocycles. The number of hydrogen-bond donors (Lipinski definition) is 3. The van der Waals surface area contributed by atoms with Gasteiger partial charge < -0.3 is 25.2 Å². The van der Waals surface area contributed by atoms with Crippen molar-refractivity contribution in [2.75, 3.05) is 13.1 Å². The zero-order chi connectivity index (χ0) is 28.2. The van der Waals surface area contributed by atoms with Crippen molar-refractivity contribution in [3.05, 3.63) is 75.7 Å². The topological polar surface area (TPSA) is 133 Å². The third-order valence-corrected chi connectivity index (χ3v) is 7.98. The molecule has 5 rings (SSSR count). The molecular formula is C30H30N2O7.